The molecule has 0 aromatic carbocycles. The summed E-state index contributed by atoms with van der Waals surface area (Å²) in [6.45, 7) is 11.7. The zero-order valence-corrected chi connectivity index (χ0v) is 62.7. The molecular formula is C75H142O17P2. The summed E-state index contributed by atoms with van der Waals surface area (Å²) in [5.41, 5.74) is 0. The molecule has 0 fully saturated rings. The first-order valence-corrected chi connectivity index (χ1v) is 41.2. The van der Waals surface area contributed by atoms with E-state index in [4.69, 9.17) is 37.0 Å². The van der Waals surface area contributed by atoms with E-state index in [9.17, 15) is 43.2 Å². The van der Waals surface area contributed by atoms with Crippen LogP contribution < -0.4 is 0 Å². The normalized spacial score (nSPS) is 14.3. The van der Waals surface area contributed by atoms with Crippen LogP contribution in [-0.2, 0) is 65.4 Å². The van der Waals surface area contributed by atoms with Crippen LogP contribution in [0.15, 0.2) is 24.3 Å². The molecule has 0 aliphatic rings. The van der Waals surface area contributed by atoms with Gasteiger partial charge < -0.3 is 33.8 Å². The maximum atomic E-state index is 13.0. The third-order valence-electron chi connectivity index (χ3n) is 16.8. The highest BCUT2D eigenvalue weighted by Crippen LogP contribution is 2.45. The van der Waals surface area contributed by atoms with Crippen molar-refractivity contribution in [2.24, 2.45) is 17.8 Å². The number of carbonyl (C=O) groups is 4. The van der Waals surface area contributed by atoms with E-state index in [2.05, 4.69) is 72.8 Å². The Morgan fingerprint density at radius 2 is 0.574 bits per heavy atom. The molecule has 19 heteroatoms. The summed E-state index contributed by atoms with van der Waals surface area (Å²) < 4.78 is 68.3. The van der Waals surface area contributed by atoms with Gasteiger partial charge in [-0.25, -0.2) is 9.13 Å². The number of hydrogen-bond acceptors (Lipinski definition) is 15. The molecule has 0 aromatic rings. The van der Waals surface area contributed by atoms with Crippen molar-refractivity contribution in [1.29, 1.82) is 0 Å². The Hall–Kier alpha value is -2.46. The Morgan fingerprint density at radius 3 is 0.862 bits per heavy atom. The number of aliphatic hydroxyl groups is 1. The van der Waals surface area contributed by atoms with Crippen molar-refractivity contribution in [2.45, 2.75) is 375 Å². The molecule has 0 spiro atoms. The van der Waals surface area contributed by atoms with E-state index in [-0.39, 0.29) is 25.7 Å². The molecule has 3 N–H and O–H groups in total. The molecule has 0 aromatic heterocycles. The highest BCUT2D eigenvalue weighted by Gasteiger charge is 2.30. The van der Waals surface area contributed by atoms with Crippen LogP contribution in [0, 0.1) is 17.8 Å². The fraction of sp³-hybridized carbons (Fsp3) is 0.893. The molecule has 94 heavy (non-hydrogen) atoms. The van der Waals surface area contributed by atoms with E-state index < -0.39 is 97.5 Å². The van der Waals surface area contributed by atoms with E-state index in [1.807, 2.05) is 0 Å². The molecule has 0 saturated heterocycles. The van der Waals surface area contributed by atoms with Crippen molar-refractivity contribution in [3.63, 3.8) is 0 Å². The summed E-state index contributed by atoms with van der Waals surface area (Å²) in [6, 6.07) is 0. The van der Waals surface area contributed by atoms with Crippen molar-refractivity contribution >= 4 is 39.5 Å². The van der Waals surface area contributed by atoms with Gasteiger partial charge in [0.05, 0.1) is 26.4 Å². The van der Waals surface area contributed by atoms with Gasteiger partial charge in [0.15, 0.2) is 12.2 Å². The molecule has 0 amide bonds. The van der Waals surface area contributed by atoms with E-state index >= 15 is 0 Å². The zero-order valence-electron chi connectivity index (χ0n) is 60.9. The number of rotatable bonds is 71. The topological polar surface area (TPSA) is 237 Å². The van der Waals surface area contributed by atoms with Gasteiger partial charge in [-0.15, -0.1) is 0 Å². The van der Waals surface area contributed by atoms with Crippen LogP contribution in [0.3, 0.4) is 0 Å². The summed E-state index contributed by atoms with van der Waals surface area (Å²) in [5.74, 6) is 0.00688. The van der Waals surface area contributed by atoms with Crippen LogP contribution in [-0.4, -0.2) is 96.7 Å². The minimum absolute atomic E-state index is 0.0835. The largest absolute Gasteiger partial charge is 0.472 e. The first kappa shape index (κ1) is 91.5. The maximum Gasteiger partial charge on any atom is 0.472 e. The number of hydrogen-bond donors (Lipinski definition) is 3. The third-order valence-corrected chi connectivity index (χ3v) is 18.7. The first-order chi connectivity index (χ1) is 45.2. The lowest BCUT2D eigenvalue weighted by Gasteiger charge is -2.21. The fourth-order valence-corrected chi connectivity index (χ4v) is 12.5. The molecule has 5 atom stereocenters. The SMILES string of the molecule is CCCCCC/C=C\C=C/CCCCCCCC(=O)O[C@H](COC(=O)CCCCCCCCC(C)C)COP(=O)(O)OC[C@H](O)COP(=O)(O)OC[C@@H](COC(=O)CCCCCCCCCCCCCCCCCCCCC(C)C)OC(=O)CCCCCCCCC(C)C. The van der Waals surface area contributed by atoms with E-state index in [0.717, 1.165) is 115 Å². The molecule has 0 radical (unpaired) electrons. The Morgan fingerprint density at radius 1 is 0.330 bits per heavy atom. The van der Waals surface area contributed by atoms with Crippen LogP contribution in [0.1, 0.15) is 357 Å². The highest BCUT2D eigenvalue weighted by molar-refractivity contribution is 7.47. The first-order valence-electron chi connectivity index (χ1n) is 38.2. The second-order valence-corrected chi connectivity index (χ2v) is 30.7. The lowest BCUT2D eigenvalue weighted by molar-refractivity contribution is -0.161. The van der Waals surface area contributed by atoms with Crippen molar-refractivity contribution in [2.75, 3.05) is 39.6 Å². The Balaban J connectivity index is 5.14. The summed E-state index contributed by atoms with van der Waals surface area (Å²) in [7, 11) is -9.92. The van der Waals surface area contributed by atoms with Gasteiger partial charge in [-0.2, -0.15) is 0 Å². The molecule has 0 aliphatic heterocycles. The van der Waals surface area contributed by atoms with Crippen molar-refractivity contribution in [1.82, 2.24) is 0 Å². The standard InChI is InChI=1S/C75H142O17P2/c1-8-9-10-11-12-13-14-15-20-25-28-31-34-44-51-58-74(79)91-70(63-86-73(78)57-50-43-37-35-40-47-54-67(4)5)64-89-93(81,82)87-60-69(76)61-88-94(83,84)90-65-71(92-75(80)59-52-45-38-36-41-48-55-68(6)7)62-85-72(77)56-49-42-33-30-27-24-22-19-17-16-18-21-23-26-29-32-39-46-53-66(2)3/h13-15,20,66-71,76H,8-12,16-19,21-65H2,1-7H3,(H,81,82)(H,83,84)/b14-13-,20-15-/t69-,70+,71+/m0/s1. The lowest BCUT2D eigenvalue weighted by atomic mass is 10.0. The lowest BCUT2D eigenvalue weighted by Crippen LogP contribution is -2.30. The average Bonchev–Trinajstić information content (AvgIpc) is 1.52. The third kappa shape index (κ3) is 68.1. The Labute approximate surface area is 573 Å². The molecule has 0 heterocycles. The number of esters is 4. The molecular weight excluding hydrogens is 1230 g/mol. The van der Waals surface area contributed by atoms with Crippen LogP contribution in [0.5, 0.6) is 0 Å². The highest BCUT2D eigenvalue weighted by atomic mass is 31.2. The van der Waals surface area contributed by atoms with Gasteiger partial charge in [0.1, 0.15) is 19.3 Å². The van der Waals surface area contributed by atoms with Crippen molar-refractivity contribution in [3.05, 3.63) is 24.3 Å². The molecule has 17 nitrogen and oxygen atoms in total. The van der Waals surface area contributed by atoms with E-state index in [0.29, 0.717) is 37.5 Å². The van der Waals surface area contributed by atoms with E-state index in [1.165, 1.54) is 148 Å². The van der Waals surface area contributed by atoms with Gasteiger partial charge >= 0.3 is 39.5 Å². The van der Waals surface area contributed by atoms with Crippen LogP contribution in [0.4, 0.5) is 0 Å². The Bertz CT molecular complexity index is 1930. The van der Waals surface area contributed by atoms with Gasteiger partial charge in [0, 0.05) is 25.7 Å². The van der Waals surface area contributed by atoms with Gasteiger partial charge in [-0.1, -0.05) is 304 Å². The predicted octanol–water partition coefficient (Wildman–Crippen LogP) is 21.3. The number of phosphoric ester groups is 2. The second-order valence-electron chi connectivity index (χ2n) is 27.8. The average molecular weight is 1380 g/mol. The molecule has 0 aliphatic carbocycles. The number of unbranched alkanes of at least 4 members (excludes halogenated alkanes) is 36. The number of ether oxygens (including phenoxy) is 4. The summed E-state index contributed by atoms with van der Waals surface area (Å²) >= 11 is 0. The number of phosphoric acid groups is 2. The van der Waals surface area contributed by atoms with Gasteiger partial charge in [-0.05, 0) is 69.1 Å². The van der Waals surface area contributed by atoms with Crippen LogP contribution >= 0.6 is 15.6 Å². The summed E-state index contributed by atoms with van der Waals surface area (Å²) in [4.78, 5) is 72.6. The quantitative estimate of drug-likeness (QED) is 0.0169. The summed E-state index contributed by atoms with van der Waals surface area (Å²) in [6.07, 6.45) is 54.1. The van der Waals surface area contributed by atoms with Crippen molar-refractivity contribution < 1.29 is 80.2 Å². The smallest absolute Gasteiger partial charge is 0.462 e. The van der Waals surface area contributed by atoms with Gasteiger partial charge in [0.2, 0.25) is 0 Å². The number of allylic oxidation sites excluding steroid dienone is 4. The molecule has 2 unspecified atom stereocenters. The monoisotopic (exact) mass is 1380 g/mol. The summed E-state index contributed by atoms with van der Waals surface area (Å²) in [5, 5.41) is 10.6. The predicted molar refractivity (Wildman–Crippen MR) is 381 cm³/mol. The minimum atomic E-state index is -4.96. The second kappa shape index (κ2) is 65.2. The number of carbonyl (C=O) groups excluding carboxylic acids is 4. The molecule has 554 valence electrons. The fourth-order valence-electron chi connectivity index (χ4n) is 10.9. The van der Waals surface area contributed by atoms with Gasteiger partial charge in [0.25, 0.3) is 0 Å². The van der Waals surface area contributed by atoms with Crippen molar-refractivity contribution in [3.8, 4) is 0 Å². The van der Waals surface area contributed by atoms with Gasteiger partial charge in [-0.3, -0.25) is 37.3 Å². The molecule has 0 saturated carbocycles. The number of aliphatic hydroxyl groups excluding tert-OH is 1. The van der Waals surface area contributed by atoms with Crippen LogP contribution in [0.25, 0.3) is 0 Å². The van der Waals surface area contributed by atoms with Crippen LogP contribution in [0.2, 0.25) is 0 Å². The maximum absolute atomic E-state index is 13.0. The minimum Gasteiger partial charge on any atom is -0.462 e. The molecule has 0 bridgehead atoms. The zero-order chi connectivity index (χ0) is 69.4. The Kier molecular flexibility index (Phi) is 63.5. The van der Waals surface area contributed by atoms with E-state index in [1.54, 1.807) is 0 Å². The molecule has 0 rings (SSSR count).